The minimum absolute atomic E-state index is 0.123. The fourth-order valence-corrected chi connectivity index (χ4v) is 3.04. The van der Waals surface area contributed by atoms with Crippen LogP contribution in [0.25, 0.3) is 0 Å². The van der Waals surface area contributed by atoms with E-state index in [1.807, 2.05) is 0 Å². The van der Waals surface area contributed by atoms with Crippen LogP contribution in [0.4, 0.5) is 0 Å². The lowest BCUT2D eigenvalue weighted by atomic mass is 10.2. The van der Waals surface area contributed by atoms with Crippen LogP contribution >= 0.6 is 0 Å². The number of sulfonamides is 1. The van der Waals surface area contributed by atoms with Crippen LogP contribution in [0.2, 0.25) is 0 Å². The number of nitrogens with one attached hydrogen (secondary N) is 1. The van der Waals surface area contributed by atoms with Crippen LogP contribution < -0.4 is 5.32 Å². The first-order chi connectivity index (χ1) is 7.91. The van der Waals surface area contributed by atoms with Gasteiger partial charge in [0, 0.05) is 13.1 Å². The minimum atomic E-state index is -3.42. The maximum Gasteiger partial charge on any atom is 0.240 e. The average molecular weight is 264 g/mol. The Morgan fingerprint density at radius 3 is 2.71 bits per heavy atom. The molecule has 1 saturated heterocycles. The van der Waals surface area contributed by atoms with Crippen molar-refractivity contribution in [2.45, 2.75) is 32.1 Å². The zero-order valence-electron chi connectivity index (χ0n) is 10.5. The quantitative estimate of drug-likeness (QED) is 0.747. The molecule has 1 fully saturated rings. The van der Waals surface area contributed by atoms with Crippen molar-refractivity contribution in [3.63, 3.8) is 0 Å². The van der Waals surface area contributed by atoms with Gasteiger partial charge in [-0.3, -0.25) is 4.79 Å². The Kier molecular flexibility index (Phi) is 4.91. The first-order valence-electron chi connectivity index (χ1n) is 5.77. The van der Waals surface area contributed by atoms with Crippen LogP contribution in [0.15, 0.2) is 0 Å². The molecule has 0 aliphatic carbocycles. The van der Waals surface area contributed by atoms with Crippen molar-refractivity contribution in [2.24, 2.45) is 0 Å². The fourth-order valence-electron chi connectivity index (χ4n) is 1.66. The number of morpholine rings is 1. The molecule has 1 N–H and O–H groups in total. The van der Waals surface area contributed by atoms with Crippen LogP contribution in [-0.4, -0.2) is 56.2 Å². The van der Waals surface area contributed by atoms with E-state index in [0.717, 1.165) is 0 Å². The van der Waals surface area contributed by atoms with E-state index in [1.54, 1.807) is 20.8 Å². The Hall–Kier alpha value is -0.660. The van der Waals surface area contributed by atoms with Gasteiger partial charge in [-0.2, -0.15) is 4.31 Å². The van der Waals surface area contributed by atoms with Crippen molar-refractivity contribution in [1.29, 1.82) is 0 Å². The molecule has 17 heavy (non-hydrogen) atoms. The lowest BCUT2D eigenvalue weighted by molar-refractivity contribution is -0.129. The summed E-state index contributed by atoms with van der Waals surface area (Å²) in [5.74, 6) is -0.295. The van der Waals surface area contributed by atoms with Crippen molar-refractivity contribution in [3.05, 3.63) is 0 Å². The van der Waals surface area contributed by atoms with Crippen molar-refractivity contribution in [2.75, 3.05) is 26.3 Å². The summed E-state index contributed by atoms with van der Waals surface area (Å²) in [7, 11) is -3.42. The second kappa shape index (κ2) is 5.79. The molecule has 100 valence electrons. The van der Waals surface area contributed by atoms with E-state index in [4.69, 9.17) is 4.74 Å². The molecule has 0 spiro atoms. The molecule has 1 amide bonds. The predicted octanol–water partition coefficient (Wildman–Crippen LogP) is -0.438. The van der Waals surface area contributed by atoms with Crippen LogP contribution in [0, 0.1) is 0 Å². The lowest BCUT2D eigenvalue weighted by Gasteiger charge is -2.34. The lowest BCUT2D eigenvalue weighted by Crippen LogP contribution is -2.57. The minimum Gasteiger partial charge on any atom is -0.378 e. The predicted molar refractivity (Wildman–Crippen MR) is 64.1 cm³/mol. The zero-order chi connectivity index (χ0) is 13.1. The molecule has 7 heteroatoms. The topological polar surface area (TPSA) is 75.7 Å². The molecule has 1 aliphatic rings. The Bertz CT molecular complexity index is 367. The van der Waals surface area contributed by atoms with Gasteiger partial charge in [0.25, 0.3) is 0 Å². The van der Waals surface area contributed by atoms with Gasteiger partial charge in [0.1, 0.15) is 6.04 Å². The van der Waals surface area contributed by atoms with Crippen molar-refractivity contribution in [3.8, 4) is 0 Å². The highest BCUT2D eigenvalue weighted by molar-refractivity contribution is 7.89. The summed E-state index contributed by atoms with van der Waals surface area (Å²) >= 11 is 0. The van der Waals surface area contributed by atoms with Gasteiger partial charge in [-0.1, -0.05) is 0 Å². The molecule has 0 radical (unpaired) electrons. The average Bonchev–Trinajstić information content (AvgIpc) is 2.29. The second-order valence-electron chi connectivity index (χ2n) is 4.19. The summed E-state index contributed by atoms with van der Waals surface area (Å²) in [4.78, 5) is 11.8. The summed E-state index contributed by atoms with van der Waals surface area (Å²) in [5, 5.41) is 2.10. The van der Waals surface area contributed by atoms with E-state index in [2.05, 4.69) is 5.32 Å². The number of amides is 1. The number of carbonyl (C=O) groups is 1. The SMILES string of the molecule is CCNC(=O)C1COCCN1S(=O)(=O)C(C)C. The highest BCUT2D eigenvalue weighted by Crippen LogP contribution is 2.16. The normalized spacial score (nSPS) is 22.7. The summed E-state index contributed by atoms with van der Waals surface area (Å²) in [6.07, 6.45) is 0. The number of nitrogens with zero attached hydrogens (tertiary/aromatic N) is 1. The van der Waals surface area contributed by atoms with Crippen molar-refractivity contribution in [1.82, 2.24) is 9.62 Å². The molecule has 1 atom stereocenters. The maximum absolute atomic E-state index is 12.1. The van der Waals surface area contributed by atoms with Crippen molar-refractivity contribution >= 4 is 15.9 Å². The van der Waals surface area contributed by atoms with Gasteiger partial charge < -0.3 is 10.1 Å². The van der Waals surface area contributed by atoms with Gasteiger partial charge in [0.2, 0.25) is 15.9 Å². The monoisotopic (exact) mass is 264 g/mol. The fraction of sp³-hybridized carbons (Fsp3) is 0.900. The smallest absolute Gasteiger partial charge is 0.240 e. The van der Waals surface area contributed by atoms with E-state index in [-0.39, 0.29) is 19.1 Å². The molecule has 0 aromatic carbocycles. The highest BCUT2D eigenvalue weighted by atomic mass is 32.2. The number of carbonyl (C=O) groups excluding carboxylic acids is 1. The number of hydrogen-bond acceptors (Lipinski definition) is 4. The van der Waals surface area contributed by atoms with E-state index >= 15 is 0 Å². The van der Waals surface area contributed by atoms with Gasteiger partial charge >= 0.3 is 0 Å². The standard InChI is InChI=1S/C10H20N2O4S/c1-4-11-10(13)9-7-16-6-5-12(9)17(14,15)8(2)3/h8-9H,4-7H2,1-3H3,(H,11,13). The van der Waals surface area contributed by atoms with E-state index in [1.165, 1.54) is 4.31 Å². The summed E-state index contributed by atoms with van der Waals surface area (Å²) in [6.45, 7) is 6.19. The van der Waals surface area contributed by atoms with Gasteiger partial charge in [-0.25, -0.2) is 8.42 Å². The van der Waals surface area contributed by atoms with Gasteiger partial charge in [0.15, 0.2) is 0 Å². The Morgan fingerprint density at radius 2 is 2.18 bits per heavy atom. The van der Waals surface area contributed by atoms with Crippen LogP contribution in [-0.2, 0) is 19.6 Å². The van der Waals surface area contributed by atoms with Gasteiger partial charge in [-0.05, 0) is 20.8 Å². The van der Waals surface area contributed by atoms with Crippen LogP contribution in [0.3, 0.4) is 0 Å². The summed E-state index contributed by atoms with van der Waals surface area (Å²) < 4.78 is 30.6. The third kappa shape index (κ3) is 3.17. The number of ether oxygens (including phenoxy) is 1. The third-order valence-corrected chi connectivity index (χ3v) is 4.94. The first-order valence-corrected chi connectivity index (χ1v) is 7.27. The molecule has 1 rings (SSSR count). The maximum atomic E-state index is 12.1. The second-order valence-corrected chi connectivity index (χ2v) is 6.63. The Labute approximate surface area is 102 Å². The molecule has 0 saturated carbocycles. The molecular formula is C10H20N2O4S. The molecule has 0 aromatic heterocycles. The van der Waals surface area contributed by atoms with Crippen LogP contribution in [0.5, 0.6) is 0 Å². The molecule has 1 heterocycles. The Balaban J connectivity index is 2.90. The van der Waals surface area contributed by atoms with Crippen LogP contribution in [0.1, 0.15) is 20.8 Å². The van der Waals surface area contributed by atoms with Gasteiger partial charge in [-0.15, -0.1) is 0 Å². The first kappa shape index (κ1) is 14.4. The summed E-state index contributed by atoms with van der Waals surface area (Å²) in [6, 6.07) is -0.740. The third-order valence-electron chi connectivity index (χ3n) is 2.66. The number of likely N-dealkylation sites (N-methyl/N-ethyl adjacent to an activating group) is 1. The number of hydrogen-bond donors (Lipinski definition) is 1. The summed E-state index contributed by atoms with van der Waals surface area (Å²) in [5.41, 5.74) is 0. The highest BCUT2D eigenvalue weighted by Gasteiger charge is 2.38. The molecule has 6 nitrogen and oxygen atoms in total. The largest absolute Gasteiger partial charge is 0.378 e. The van der Waals surface area contributed by atoms with Crippen molar-refractivity contribution < 1.29 is 17.9 Å². The van der Waals surface area contributed by atoms with Gasteiger partial charge in [0.05, 0.1) is 18.5 Å². The molecule has 1 unspecified atom stereocenters. The molecule has 1 aliphatic heterocycles. The zero-order valence-corrected chi connectivity index (χ0v) is 11.3. The van der Waals surface area contributed by atoms with E-state index in [0.29, 0.717) is 13.2 Å². The van der Waals surface area contributed by atoms with E-state index in [9.17, 15) is 13.2 Å². The van der Waals surface area contributed by atoms with E-state index < -0.39 is 21.3 Å². The molecule has 0 aromatic rings. The Morgan fingerprint density at radius 1 is 1.53 bits per heavy atom. The molecule has 0 bridgehead atoms. The number of rotatable bonds is 4. The molecular weight excluding hydrogens is 244 g/mol.